The summed E-state index contributed by atoms with van der Waals surface area (Å²) in [7, 11) is 0. The van der Waals surface area contributed by atoms with Gasteiger partial charge >= 0.3 is 0 Å². The Kier molecular flexibility index (Phi) is 3.62. The van der Waals surface area contributed by atoms with Crippen LogP contribution in [0.25, 0.3) is 0 Å². The number of benzene rings is 2. The summed E-state index contributed by atoms with van der Waals surface area (Å²) in [6.45, 7) is 8.49. The Labute approximate surface area is 127 Å². The summed E-state index contributed by atoms with van der Waals surface area (Å²) in [5, 5.41) is 10.9. The molecule has 0 aromatic heterocycles. The van der Waals surface area contributed by atoms with E-state index >= 15 is 0 Å². The predicted molar refractivity (Wildman–Crippen MR) is 87.9 cm³/mol. The Bertz CT molecular complexity index is 671. The maximum atomic E-state index is 10.9. The summed E-state index contributed by atoms with van der Waals surface area (Å²) < 4.78 is 0. The van der Waals surface area contributed by atoms with Gasteiger partial charge in [0.1, 0.15) is 6.10 Å². The second-order valence-electron chi connectivity index (χ2n) is 6.46. The van der Waals surface area contributed by atoms with E-state index in [2.05, 4.69) is 52.0 Å². The van der Waals surface area contributed by atoms with Crippen molar-refractivity contribution in [3.8, 4) is 0 Å². The molecule has 1 heteroatoms. The monoisotopic (exact) mass is 280 g/mol. The number of hydrogen-bond acceptors (Lipinski definition) is 1. The van der Waals surface area contributed by atoms with E-state index in [0.717, 1.165) is 17.5 Å². The lowest BCUT2D eigenvalue weighted by Gasteiger charge is -2.21. The van der Waals surface area contributed by atoms with Crippen LogP contribution in [-0.2, 0) is 12.8 Å². The minimum absolute atomic E-state index is 0.519. The van der Waals surface area contributed by atoms with Gasteiger partial charge in [0.15, 0.2) is 0 Å². The van der Waals surface area contributed by atoms with Gasteiger partial charge in [-0.1, -0.05) is 24.3 Å². The van der Waals surface area contributed by atoms with E-state index in [-0.39, 0.29) is 0 Å². The third-order valence-electron chi connectivity index (χ3n) is 5.14. The third-order valence-corrected chi connectivity index (χ3v) is 5.14. The minimum Gasteiger partial charge on any atom is -0.384 e. The molecular formula is C20H24O. The van der Waals surface area contributed by atoms with E-state index in [1.807, 2.05) is 0 Å². The lowest BCUT2D eigenvalue weighted by molar-refractivity contribution is 0.218. The largest absolute Gasteiger partial charge is 0.384 e. The van der Waals surface area contributed by atoms with Crippen LogP contribution < -0.4 is 0 Å². The van der Waals surface area contributed by atoms with Crippen LogP contribution >= 0.6 is 0 Å². The summed E-state index contributed by atoms with van der Waals surface area (Å²) in [6, 6.07) is 8.73. The van der Waals surface area contributed by atoms with Gasteiger partial charge in [0, 0.05) is 0 Å². The van der Waals surface area contributed by atoms with Crippen LogP contribution in [0.1, 0.15) is 57.0 Å². The van der Waals surface area contributed by atoms with Gasteiger partial charge in [-0.2, -0.15) is 0 Å². The molecule has 1 atom stereocenters. The molecule has 110 valence electrons. The lowest BCUT2D eigenvalue weighted by Crippen LogP contribution is -2.08. The lowest BCUT2D eigenvalue weighted by atomic mass is 9.87. The molecule has 0 bridgehead atoms. The summed E-state index contributed by atoms with van der Waals surface area (Å²) in [5.74, 6) is 0. The first-order valence-electron chi connectivity index (χ1n) is 7.86. The molecule has 0 spiro atoms. The van der Waals surface area contributed by atoms with E-state index < -0.39 is 6.10 Å². The smallest absolute Gasteiger partial charge is 0.105 e. The van der Waals surface area contributed by atoms with Gasteiger partial charge in [0.25, 0.3) is 0 Å². The van der Waals surface area contributed by atoms with Crippen molar-refractivity contribution in [2.45, 2.75) is 53.1 Å². The average Bonchev–Trinajstić information content (AvgIpc) is 2.92. The van der Waals surface area contributed by atoms with Crippen LogP contribution in [0.5, 0.6) is 0 Å². The highest BCUT2D eigenvalue weighted by atomic mass is 16.3. The van der Waals surface area contributed by atoms with Crippen LogP contribution in [0.2, 0.25) is 0 Å². The van der Waals surface area contributed by atoms with E-state index in [4.69, 9.17) is 0 Å². The molecular weight excluding hydrogens is 256 g/mol. The molecule has 2 aromatic rings. The van der Waals surface area contributed by atoms with Crippen LogP contribution in [-0.4, -0.2) is 5.11 Å². The van der Waals surface area contributed by atoms with Crippen molar-refractivity contribution in [2.24, 2.45) is 0 Å². The zero-order valence-corrected chi connectivity index (χ0v) is 13.5. The predicted octanol–water partition coefficient (Wildman–Crippen LogP) is 4.49. The van der Waals surface area contributed by atoms with Crippen molar-refractivity contribution in [2.75, 3.05) is 0 Å². The Morgan fingerprint density at radius 1 is 0.857 bits per heavy atom. The molecule has 0 radical (unpaired) electrons. The zero-order chi connectivity index (χ0) is 15.1. The zero-order valence-electron chi connectivity index (χ0n) is 13.5. The summed E-state index contributed by atoms with van der Waals surface area (Å²) in [5.41, 5.74) is 9.95. The van der Waals surface area contributed by atoms with Crippen molar-refractivity contribution in [1.29, 1.82) is 0 Å². The van der Waals surface area contributed by atoms with Gasteiger partial charge < -0.3 is 5.11 Å². The maximum Gasteiger partial charge on any atom is 0.105 e. The molecule has 3 rings (SSSR count). The maximum absolute atomic E-state index is 10.9. The molecule has 0 fully saturated rings. The van der Waals surface area contributed by atoms with Gasteiger partial charge in [-0.15, -0.1) is 0 Å². The molecule has 1 aliphatic carbocycles. The first kappa shape index (κ1) is 14.3. The van der Waals surface area contributed by atoms with Gasteiger partial charge in [0.05, 0.1) is 0 Å². The third kappa shape index (κ3) is 2.40. The molecule has 1 N–H and O–H groups in total. The molecule has 0 saturated heterocycles. The SMILES string of the molecule is Cc1cc(C)c(C)c(C(O)c2ccc3c(c2)CCC3)c1C. The second-order valence-corrected chi connectivity index (χ2v) is 6.46. The molecule has 0 saturated carbocycles. The highest BCUT2D eigenvalue weighted by Gasteiger charge is 2.20. The number of aliphatic hydroxyl groups excluding tert-OH is 1. The fourth-order valence-electron chi connectivity index (χ4n) is 3.59. The van der Waals surface area contributed by atoms with Gasteiger partial charge in [-0.3, -0.25) is 0 Å². The summed E-state index contributed by atoms with van der Waals surface area (Å²) >= 11 is 0. The second kappa shape index (κ2) is 5.31. The van der Waals surface area contributed by atoms with Crippen LogP contribution in [0.4, 0.5) is 0 Å². The van der Waals surface area contributed by atoms with E-state index in [9.17, 15) is 5.11 Å². The highest BCUT2D eigenvalue weighted by molar-refractivity contribution is 5.49. The van der Waals surface area contributed by atoms with Crippen molar-refractivity contribution >= 4 is 0 Å². The highest BCUT2D eigenvalue weighted by Crippen LogP contribution is 2.33. The van der Waals surface area contributed by atoms with Crippen LogP contribution in [0.15, 0.2) is 24.3 Å². The van der Waals surface area contributed by atoms with Gasteiger partial charge in [-0.25, -0.2) is 0 Å². The first-order valence-corrected chi connectivity index (χ1v) is 7.86. The molecule has 1 nitrogen and oxygen atoms in total. The molecule has 1 unspecified atom stereocenters. The molecule has 21 heavy (non-hydrogen) atoms. The van der Waals surface area contributed by atoms with E-state index in [0.29, 0.717) is 0 Å². The van der Waals surface area contributed by atoms with Crippen molar-refractivity contribution in [1.82, 2.24) is 0 Å². The normalized spacial score (nSPS) is 15.1. The molecule has 1 aliphatic rings. The standard InChI is InChI=1S/C20H24O/c1-12-10-13(2)15(4)19(14(12)3)20(21)18-9-8-16-6-5-7-17(16)11-18/h8-11,20-21H,5-7H2,1-4H3. The Balaban J connectivity index is 2.09. The number of rotatable bonds is 2. The Hall–Kier alpha value is -1.60. The van der Waals surface area contributed by atoms with Crippen molar-refractivity contribution < 1.29 is 5.11 Å². The average molecular weight is 280 g/mol. The van der Waals surface area contributed by atoms with Crippen molar-refractivity contribution in [3.63, 3.8) is 0 Å². The molecule has 2 aromatic carbocycles. The fraction of sp³-hybridized carbons (Fsp3) is 0.400. The topological polar surface area (TPSA) is 20.2 Å². The van der Waals surface area contributed by atoms with E-state index in [1.54, 1.807) is 0 Å². The van der Waals surface area contributed by atoms with Crippen LogP contribution in [0.3, 0.4) is 0 Å². The quantitative estimate of drug-likeness (QED) is 0.859. The number of fused-ring (bicyclic) bond motifs is 1. The Morgan fingerprint density at radius 2 is 1.48 bits per heavy atom. The fourth-order valence-corrected chi connectivity index (χ4v) is 3.59. The summed E-state index contributed by atoms with van der Waals surface area (Å²) in [4.78, 5) is 0. The van der Waals surface area contributed by atoms with Crippen LogP contribution in [0, 0.1) is 27.7 Å². The number of hydrogen-bond donors (Lipinski definition) is 1. The Morgan fingerprint density at radius 3 is 2.14 bits per heavy atom. The summed E-state index contributed by atoms with van der Waals surface area (Å²) in [6.07, 6.45) is 3.07. The molecule has 0 amide bonds. The number of aliphatic hydroxyl groups is 1. The first-order chi connectivity index (χ1) is 9.99. The number of aryl methyl sites for hydroxylation is 4. The van der Waals surface area contributed by atoms with E-state index in [1.165, 1.54) is 46.2 Å². The van der Waals surface area contributed by atoms with Crippen molar-refractivity contribution in [3.05, 3.63) is 68.8 Å². The molecule has 0 heterocycles. The minimum atomic E-state index is -0.519. The van der Waals surface area contributed by atoms with Gasteiger partial charge in [0.2, 0.25) is 0 Å². The molecule has 0 aliphatic heterocycles. The van der Waals surface area contributed by atoms with Gasteiger partial charge in [-0.05, 0) is 91.5 Å².